The second-order valence-electron chi connectivity index (χ2n) is 6.87. The van der Waals surface area contributed by atoms with E-state index in [1.807, 2.05) is 32.9 Å². The summed E-state index contributed by atoms with van der Waals surface area (Å²) in [6.45, 7) is 7.91. The summed E-state index contributed by atoms with van der Waals surface area (Å²) in [4.78, 5) is 38.3. The van der Waals surface area contributed by atoms with Gasteiger partial charge in [0.25, 0.3) is 0 Å². The molecule has 1 aromatic rings. The summed E-state index contributed by atoms with van der Waals surface area (Å²) in [7, 11) is 0. The van der Waals surface area contributed by atoms with Gasteiger partial charge in [-0.05, 0) is 63.3 Å². The van der Waals surface area contributed by atoms with Gasteiger partial charge in [0.15, 0.2) is 6.10 Å². The molecule has 1 atom stereocenters. The maximum Gasteiger partial charge on any atom is 0.326 e. The van der Waals surface area contributed by atoms with Crippen molar-refractivity contribution in [1.82, 2.24) is 4.90 Å². The molecule has 0 spiro atoms. The lowest BCUT2D eigenvalue weighted by atomic mass is 9.96. The molecule has 1 aliphatic rings. The Morgan fingerprint density at radius 3 is 2.48 bits per heavy atom. The van der Waals surface area contributed by atoms with Crippen molar-refractivity contribution in [2.24, 2.45) is 0 Å². The quantitative estimate of drug-likeness (QED) is 0.607. The van der Waals surface area contributed by atoms with Crippen LogP contribution < -0.4 is 0 Å². The van der Waals surface area contributed by atoms with Crippen LogP contribution in [0, 0.1) is 20.8 Å². The molecule has 0 bridgehead atoms. The van der Waals surface area contributed by atoms with Gasteiger partial charge >= 0.3 is 5.97 Å². The van der Waals surface area contributed by atoms with Crippen LogP contribution in [0.15, 0.2) is 12.1 Å². The lowest BCUT2D eigenvalue weighted by molar-refractivity contribution is -0.151. The Kier molecular flexibility index (Phi) is 6.34. The van der Waals surface area contributed by atoms with Gasteiger partial charge in [0, 0.05) is 18.5 Å². The van der Waals surface area contributed by atoms with Crippen molar-refractivity contribution in [3.63, 3.8) is 0 Å². The van der Waals surface area contributed by atoms with Crippen molar-refractivity contribution in [2.45, 2.75) is 59.5 Å². The molecule has 0 unspecified atom stereocenters. The average molecular weight is 345 g/mol. The van der Waals surface area contributed by atoms with Gasteiger partial charge in [0.2, 0.25) is 11.7 Å². The first-order chi connectivity index (χ1) is 11.8. The molecule has 0 aliphatic carbocycles. The van der Waals surface area contributed by atoms with E-state index in [-0.39, 0.29) is 18.2 Å². The van der Waals surface area contributed by atoms with E-state index in [9.17, 15) is 14.4 Å². The van der Waals surface area contributed by atoms with Crippen LogP contribution in [-0.2, 0) is 14.3 Å². The van der Waals surface area contributed by atoms with Crippen LogP contribution in [0.2, 0.25) is 0 Å². The Hall–Kier alpha value is -2.17. The van der Waals surface area contributed by atoms with Crippen LogP contribution in [-0.4, -0.2) is 41.8 Å². The number of esters is 1. The van der Waals surface area contributed by atoms with E-state index in [2.05, 4.69) is 0 Å². The number of amides is 1. The second-order valence-corrected chi connectivity index (χ2v) is 6.87. The van der Waals surface area contributed by atoms with Crippen molar-refractivity contribution in [2.75, 3.05) is 13.1 Å². The number of ether oxygens (including phenoxy) is 1. The third-order valence-electron chi connectivity index (χ3n) is 4.77. The number of nitrogens with zero attached hydrogens (tertiary/aromatic N) is 1. The van der Waals surface area contributed by atoms with Gasteiger partial charge in [-0.25, -0.2) is 0 Å². The highest BCUT2D eigenvalue weighted by atomic mass is 16.5. The van der Waals surface area contributed by atoms with Gasteiger partial charge in [-0.2, -0.15) is 0 Å². The molecule has 1 amide bonds. The summed E-state index contributed by atoms with van der Waals surface area (Å²) in [5.74, 6) is -0.757. The number of aryl methyl sites for hydroxylation is 3. The number of benzene rings is 1. The molecule has 0 radical (unpaired) electrons. The zero-order valence-electron chi connectivity index (χ0n) is 15.6. The summed E-state index contributed by atoms with van der Waals surface area (Å²) in [6.07, 6.45) is 2.37. The van der Waals surface area contributed by atoms with E-state index in [4.69, 9.17) is 4.74 Å². The minimum Gasteiger partial charge on any atom is -0.453 e. The SMILES string of the molecule is Cc1cc(C)c(C(=O)[C@H](C)OC(=O)CN2CCCCCC2=O)cc1C. The summed E-state index contributed by atoms with van der Waals surface area (Å²) in [6, 6.07) is 3.81. The molecule has 0 aromatic heterocycles. The first kappa shape index (κ1) is 19.2. The lowest BCUT2D eigenvalue weighted by Crippen LogP contribution is -2.38. The highest BCUT2D eigenvalue weighted by molar-refractivity contribution is 6.01. The number of hydrogen-bond donors (Lipinski definition) is 0. The summed E-state index contributed by atoms with van der Waals surface area (Å²) >= 11 is 0. The van der Waals surface area contributed by atoms with Crippen LogP contribution in [0.25, 0.3) is 0 Å². The van der Waals surface area contributed by atoms with Crippen LogP contribution in [0.1, 0.15) is 59.7 Å². The Morgan fingerprint density at radius 1 is 1.08 bits per heavy atom. The van der Waals surface area contributed by atoms with Gasteiger partial charge in [-0.15, -0.1) is 0 Å². The molecule has 5 heteroatoms. The predicted octanol–water partition coefficient (Wildman–Crippen LogP) is 3.13. The maximum absolute atomic E-state index is 12.6. The van der Waals surface area contributed by atoms with Crippen LogP contribution in [0.5, 0.6) is 0 Å². The summed E-state index contributed by atoms with van der Waals surface area (Å²) in [5.41, 5.74) is 3.61. The average Bonchev–Trinajstić information content (AvgIpc) is 2.75. The molecular formula is C20H27NO4. The van der Waals surface area contributed by atoms with Crippen molar-refractivity contribution >= 4 is 17.7 Å². The zero-order chi connectivity index (χ0) is 18.6. The molecule has 2 rings (SSSR count). The third kappa shape index (κ3) is 4.91. The molecule has 1 aromatic carbocycles. The van der Waals surface area contributed by atoms with Crippen LogP contribution in [0.4, 0.5) is 0 Å². The molecule has 1 aliphatic heterocycles. The smallest absolute Gasteiger partial charge is 0.326 e. The summed E-state index contributed by atoms with van der Waals surface area (Å²) in [5, 5.41) is 0. The van der Waals surface area contributed by atoms with E-state index in [0.29, 0.717) is 18.5 Å². The maximum atomic E-state index is 12.6. The first-order valence-corrected chi connectivity index (χ1v) is 8.89. The van der Waals surface area contributed by atoms with Gasteiger partial charge in [-0.1, -0.05) is 12.5 Å². The van der Waals surface area contributed by atoms with E-state index in [0.717, 1.165) is 36.0 Å². The molecule has 136 valence electrons. The molecule has 5 nitrogen and oxygen atoms in total. The van der Waals surface area contributed by atoms with E-state index >= 15 is 0 Å². The zero-order valence-corrected chi connectivity index (χ0v) is 15.6. The van der Waals surface area contributed by atoms with Gasteiger partial charge in [-0.3, -0.25) is 14.4 Å². The fraction of sp³-hybridized carbons (Fsp3) is 0.550. The van der Waals surface area contributed by atoms with Crippen LogP contribution >= 0.6 is 0 Å². The normalized spacial score (nSPS) is 16.3. The topological polar surface area (TPSA) is 63.7 Å². The molecule has 0 saturated carbocycles. The minimum absolute atomic E-state index is 0.0153. The molecular weight excluding hydrogens is 318 g/mol. The Labute approximate surface area is 149 Å². The Morgan fingerprint density at radius 2 is 1.76 bits per heavy atom. The summed E-state index contributed by atoms with van der Waals surface area (Å²) < 4.78 is 5.30. The third-order valence-corrected chi connectivity index (χ3v) is 4.77. The monoisotopic (exact) mass is 345 g/mol. The van der Waals surface area contributed by atoms with Crippen molar-refractivity contribution in [1.29, 1.82) is 0 Å². The van der Waals surface area contributed by atoms with Crippen molar-refractivity contribution < 1.29 is 19.1 Å². The fourth-order valence-electron chi connectivity index (χ4n) is 3.09. The van der Waals surface area contributed by atoms with Gasteiger partial charge in [0.1, 0.15) is 6.54 Å². The molecule has 1 saturated heterocycles. The first-order valence-electron chi connectivity index (χ1n) is 8.89. The molecule has 1 fully saturated rings. The Balaban J connectivity index is 1.99. The van der Waals surface area contributed by atoms with E-state index < -0.39 is 12.1 Å². The lowest BCUT2D eigenvalue weighted by Gasteiger charge is -2.21. The molecule has 1 heterocycles. The van der Waals surface area contributed by atoms with Crippen molar-refractivity contribution in [3.8, 4) is 0 Å². The van der Waals surface area contributed by atoms with Gasteiger partial charge < -0.3 is 9.64 Å². The number of rotatable bonds is 5. The standard InChI is InChI=1S/C20H27NO4/c1-13-10-15(3)17(11-14(13)2)20(24)16(4)25-19(23)12-21-9-7-5-6-8-18(21)22/h10-11,16H,5-9,12H2,1-4H3/t16-/m0/s1. The number of ketones is 1. The van der Waals surface area contributed by atoms with E-state index in [1.165, 1.54) is 4.90 Å². The fourth-order valence-corrected chi connectivity index (χ4v) is 3.09. The number of Topliss-reactive ketones (excluding diaryl/α,β-unsaturated/α-hetero) is 1. The number of likely N-dealkylation sites (tertiary alicyclic amines) is 1. The second kappa shape index (κ2) is 8.28. The highest BCUT2D eigenvalue weighted by Gasteiger charge is 2.24. The molecule has 0 N–H and O–H groups in total. The molecule has 25 heavy (non-hydrogen) atoms. The Bertz CT molecular complexity index is 681. The van der Waals surface area contributed by atoms with Crippen LogP contribution in [0.3, 0.4) is 0 Å². The predicted molar refractivity (Wildman–Crippen MR) is 95.6 cm³/mol. The number of hydrogen-bond acceptors (Lipinski definition) is 4. The highest BCUT2D eigenvalue weighted by Crippen LogP contribution is 2.18. The van der Waals surface area contributed by atoms with E-state index in [1.54, 1.807) is 6.92 Å². The largest absolute Gasteiger partial charge is 0.453 e. The number of carbonyl (C=O) groups excluding carboxylic acids is 3. The minimum atomic E-state index is -0.865. The van der Waals surface area contributed by atoms with Gasteiger partial charge in [0.05, 0.1) is 0 Å². The van der Waals surface area contributed by atoms with Crippen molar-refractivity contribution in [3.05, 3.63) is 34.4 Å². The number of carbonyl (C=O) groups is 3.